The van der Waals surface area contributed by atoms with Crippen molar-refractivity contribution in [2.24, 2.45) is 0 Å². The maximum atomic E-state index is 13.7. The Hall–Kier alpha value is -3.59. The van der Waals surface area contributed by atoms with Gasteiger partial charge in [0.05, 0.1) is 6.54 Å². The van der Waals surface area contributed by atoms with Gasteiger partial charge in [-0.2, -0.15) is 0 Å². The third-order valence-corrected chi connectivity index (χ3v) is 4.45. The molecule has 0 radical (unpaired) electrons. The Bertz CT molecular complexity index is 1010. The third kappa shape index (κ3) is 4.21. The first-order chi connectivity index (χ1) is 13.7. The molecule has 1 aromatic heterocycles. The lowest BCUT2D eigenvalue weighted by Gasteiger charge is -2.17. The number of hydrogen-bond acceptors (Lipinski definition) is 5. The van der Waals surface area contributed by atoms with Gasteiger partial charge in [-0.25, -0.2) is 4.39 Å². The molecule has 4 rings (SSSR count). The Balaban J connectivity index is 1.38. The Morgan fingerprint density at radius 2 is 1.82 bits per heavy atom. The molecular weight excluding hydrogens is 357 g/mol. The normalized spacial score (nSPS) is 15.8. The SMILES string of the molecule is Oc1ccc(C#Cc2ccc(N3CC[C@H](Oc4ccccc4F)C3)nn2)cc1. The summed E-state index contributed by atoms with van der Waals surface area (Å²) in [5, 5.41) is 17.7. The lowest BCUT2D eigenvalue weighted by molar-refractivity contribution is 0.215. The van der Waals surface area contributed by atoms with E-state index in [9.17, 15) is 9.50 Å². The second kappa shape index (κ2) is 7.97. The van der Waals surface area contributed by atoms with E-state index in [1.165, 1.54) is 6.07 Å². The molecule has 2 aromatic carbocycles. The molecule has 6 heteroatoms. The average Bonchev–Trinajstić information content (AvgIpc) is 3.18. The summed E-state index contributed by atoms with van der Waals surface area (Å²) in [6.45, 7) is 1.40. The lowest BCUT2D eigenvalue weighted by atomic mass is 10.2. The van der Waals surface area contributed by atoms with Crippen molar-refractivity contribution in [3.63, 3.8) is 0 Å². The average molecular weight is 375 g/mol. The van der Waals surface area contributed by atoms with Crippen molar-refractivity contribution in [2.45, 2.75) is 12.5 Å². The summed E-state index contributed by atoms with van der Waals surface area (Å²) in [5.74, 6) is 6.82. The smallest absolute Gasteiger partial charge is 0.165 e. The number of rotatable bonds is 3. The summed E-state index contributed by atoms with van der Waals surface area (Å²) < 4.78 is 19.5. The van der Waals surface area contributed by atoms with Crippen molar-refractivity contribution in [3.05, 3.63) is 77.7 Å². The van der Waals surface area contributed by atoms with Crippen LogP contribution in [0.15, 0.2) is 60.7 Å². The molecule has 0 bridgehead atoms. The molecule has 140 valence electrons. The van der Waals surface area contributed by atoms with Crippen LogP contribution in [0.25, 0.3) is 0 Å². The van der Waals surface area contributed by atoms with Crippen LogP contribution in [0.3, 0.4) is 0 Å². The number of anilines is 1. The molecule has 0 aliphatic carbocycles. The summed E-state index contributed by atoms with van der Waals surface area (Å²) in [4.78, 5) is 2.07. The first-order valence-corrected chi connectivity index (χ1v) is 8.98. The second-order valence-electron chi connectivity index (χ2n) is 6.48. The molecule has 1 atom stereocenters. The van der Waals surface area contributed by atoms with Crippen molar-refractivity contribution < 1.29 is 14.2 Å². The number of aromatic nitrogens is 2. The van der Waals surface area contributed by atoms with Gasteiger partial charge in [0.2, 0.25) is 0 Å². The largest absolute Gasteiger partial charge is 0.508 e. The lowest BCUT2D eigenvalue weighted by Crippen LogP contribution is -2.25. The van der Waals surface area contributed by atoms with Crippen molar-refractivity contribution in [1.29, 1.82) is 0 Å². The molecule has 0 amide bonds. The molecule has 0 unspecified atom stereocenters. The predicted molar refractivity (Wildman–Crippen MR) is 104 cm³/mol. The van der Waals surface area contributed by atoms with Crippen LogP contribution in [0.1, 0.15) is 17.7 Å². The highest BCUT2D eigenvalue weighted by Crippen LogP contribution is 2.23. The molecule has 1 fully saturated rings. The number of hydrogen-bond donors (Lipinski definition) is 1. The van der Waals surface area contributed by atoms with Crippen molar-refractivity contribution in [2.75, 3.05) is 18.0 Å². The minimum Gasteiger partial charge on any atom is -0.508 e. The van der Waals surface area contributed by atoms with Crippen LogP contribution in [0.5, 0.6) is 11.5 Å². The Morgan fingerprint density at radius 1 is 1.00 bits per heavy atom. The van der Waals surface area contributed by atoms with E-state index in [-0.39, 0.29) is 23.4 Å². The van der Waals surface area contributed by atoms with Crippen molar-refractivity contribution in [3.8, 4) is 23.3 Å². The maximum absolute atomic E-state index is 13.7. The number of aromatic hydroxyl groups is 1. The zero-order valence-corrected chi connectivity index (χ0v) is 15.0. The number of halogens is 1. The quantitative estimate of drug-likeness (QED) is 0.712. The van der Waals surface area contributed by atoms with E-state index in [2.05, 4.69) is 26.9 Å². The van der Waals surface area contributed by atoms with Gasteiger partial charge in [-0.1, -0.05) is 18.1 Å². The molecular formula is C22H18FN3O2. The van der Waals surface area contributed by atoms with Crippen molar-refractivity contribution in [1.82, 2.24) is 10.2 Å². The predicted octanol–water partition coefficient (Wildman–Crippen LogP) is 3.38. The zero-order chi connectivity index (χ0) is 19.3. The van der Waals surface area contributed by atoms with Crippen LogP contribution in [-0.4, -0.2) is 34.5 Å². The van der Waals surface area contributed by atoms with Crippen LogP contribution in [0, 0.1) is 17.7 Å². The fraction of sp³-hybridized carbons (Fsp3) is 0.182. The van der Waals surface area contributed by atoms with Gasteiger partial charge in [-0.05, 0) is 54.5 Å². The summed E-state index contributed by atoms with van der Waals surface area (Å²) in [6, 6.07) is 16.8. The number of nitrogens with zero attached hydrogens (tertiary/aromatic N) is 3. The van der Waals surface area contributed by atoms with Gasteiger partial charge in [0, 0.05) is 18.5 Å². The van der Waals surface area contributed by atoms with E-state index < -0.39 is 0 Å². The molecule has 5 nitrogen and oxygen atoms in total. The van der Waals surface area contributed by atoms with Gasteiger partial charge in [0.1, 0.15) is 17.5 Å². The third-order valence-electron chi connectivity index (χ3n) is 4.45. The standard InChI is InChI=1S/C22H18FN3O2/c23-20-3-1-2-4-21(20)28-19-13-14-26(15-19)22-12-9-17(24-25-22)8-5-16-6-10-18(27)11-7-16/h1-4,6-7,9-12,19,27H,13-15H2/t19-/m0/s1. The molecule has 0 saturated carbocycles. The van der Waals surface area contributed by atoms with Crippen molar-refractivity contribution >= 4 is 5.82 Å². The second-order valence-corrected chi connectivity index (χ2v) is 6.48. The van der Waals surface area contributed by atoms with E-state index >= 15 is 0 Å². The summed E-state index contributed by atoms with van der Waals surface area (Å²) in [5.41, 5.74) is 1.35. The fourth-order valence-corrected chi connectivity index (χ4v) is 2.99. The first kappa shape index (κ1) is 17.8. The first-order valence-electron chi connectivity index (χ1n) is 8.98. The Kier molecular flexibility index (Phi) is 5.07. The summed E-state index contributed by atoms with van der Waals surface area (Å²) >= 11 is 0. The number of para-hydroxylation sites is 1. The van der Waals surface area contributed by atoms with Gasteiger partial charge >= 0.3 is 0 Å². The van der Waals surface area contributed by atoms with E-state index in [1.54, 1.807) is 42.5 Å². The minimum absolute atomic E-state index is 0.0901. The Labute approximate surface area is 162 Å². The molecule has 3 aromatic rings. The fourth-order valence-electron chi connectivity index (χ4n) is 2.99. The van der Waals surface area contributed by atoms with Crippen LogP contribution in [-0.2, 0) is 0 Å². The monoisotopic (exact) mass is 375 g/mol. The molecule has 0 spiro atoms. The van der Waals surface area contributed by atoms with E-state index in [1.807, 2.05) is 12.1 Å². The number of benzene rings is 2. The molecule has 2 heterocycles. The van der Waals surface area contributed by atoms with Crippen LogP contribution < -0.4 is 9.64 Å². The molecule has 1 aliphatic rings. The van der Waals surface area contributed by atoms with E-state index in [4.69, 9.17) is 4.74 Å². The topological polar surface area (TPSA) is 58.5 Å². The van der Waals surface area contributed by atoms with Gasteiger partial charge in [0.15, 0.2) is 17.4 Å². The van der Waals surface area contributed by atoms with Gasteiger partial charge in [-0.15, -0.1) is 10.2 Å². The zero-order valence-electron chi connectivity index (χ0n) is 15.0. The molecule has 1 N–H and O–H groups in total. The molecule has 1 aliphatic heterocycles. The highest BCUT2D eigenvalue weighted by atomic mass is 19.1. The van der Waals surface area contributed by atoms with E-state index in [0.29, 0.717) is 12.2 Å². The van der Waals surface area contributed by atoms with Crippen LogP contribution >= 0.6 is 0 Å². The van der Waals surface area contributed by atoms with Crippen LogP contribution in [0.4, 0.5) is 10.2 Å². The summed E-state index contributed by atoms with van der Waals surface area (Å²) in [6.07, 6.45) is 0.700. The molecule has 28 heavy (non-hydrogen) atoms. The van der Waals surface area contributed by atoms with E-state index in [0.717, 1.165) is 24.3 Å². The molecule has 1 saturated heterocycles. The van der Waals surface area contributed by atoms with Gasteiger partial charge in [0.25, 0.3) is 0 Å². The Morgan fingerprint density at radius 3 is 2.57 bits per heavy atom. The number of ether oxygens (including phenoxy) is 1. The number of phenolic OH excluding ortho intramolecular Hbond substituents is 1. The number of phenols is 1. The van der Waals surface area contributed by atoms with Gasteiger partial charge in [-0.3, -0.25) is 0 Å². The van der Waals surface area contributed by atoms with Crippen LogP contribution in [0.2, 0.25) is 0 Å². The van der Waals surface area contributed by atoms with Gasteiger partial charge < -0.3 is 14.7 Å². The summed E-state index contributed by atoms with van der Waals surface area (Å²) in [7, 11) is 0. The minimum atomic E-state index is -0.350. The highest BCUT2D eigenvalue weighted by Gasteiger charge is 2.25. The maximum Gasteiger partial charge on any atom is 0.165 e. The highest BCUT2D eigenvalue weighted by molar-refractivity contribution is 5.45.